The number of para-hydroxylation sites is 3. The summed E-state index contributed by atoms with van der Waals surface area (Å²) >= 11 is 0. The van der Waals surface area contributed by atoms with Crippen molar-refractivity contribution in [2.75, 3.05) is 10.6 Å². The predicted molar refractivity (Wildman–Crippen MR) is 114 cm³/mol. The fourth-order valence-electron chi connectivity index (χ4n) is 2.97. The Labute approximate surface area is 167 Å². The first-order chi connectivity index (χ1) is 13.2. The number of amides is 2. The van der Waals surface area contributed by atoms with E-state index >= 15 is 0 Å². The van der Waals surface area contributed by atoms with Crippen molar-refractivity contribution >= 4 is 23.2 Å². The molecule has 0 saturated heterocycles. The molecule has 0 aromatic heterocycles. The van der Waals surface area contributed by atoms with Gasteiger partial charge in [-0.2, -0.15) is 0 Å². The molecule has 0 aliphatic carbocycles. The standard InChI is InChI=1S/C23H30N2O3/c1-14(2)17-10-9-11-18(15(3)4)21(17)25-23(27)22(26)24-19-12-7-8-13-20(19)28-16(5)6/h7-16H,1-6H3,(H,24,26)(H,25,27). The van der Waals surface area contributed by atoms with E-state index in [1.54, 1.807) is 18.2 Å². The first-order valence-electron chi connectivity index (χ1n) is 9.71. The third-order valence-corrected chi connectivity index (χ3v) is 4.32. The molecule has 0 unspecified atom stereocenters. The molecule has 150 valence electrons. The molecule has 0 aliphatic heterocycles. The Morgan fingerprint density at radius 2 is 1.29 bits per heavy atom. The van der Waals surface area contributed by atoms with Crippen molar-refractivity contribution in [1.29, 1.82) is 0 Å². The Bertz CT molecular complexity index is 815. The number of carbonyl (C=O) groups excluding carboxylic acids is 2. The molecular weight excluding hydrogens is 352 g/mol. The summed E-state index contributed by atoms with van der Waals surface area (Å²) in [5.41, 5.74) is 3.21. The summed E-state index contributed by atoms with van der Waals surface area (Å²) in [6, 6.07) is 13.0. The second-order valence-corrected chi connectivity index (χ2v) is 7.69. The zero-order valence-electron chi connectivity index (χ0n) is 17.5. The summed E-state index contributed by atoms with van der Waals surface area (Å²) in [5, 5.41) is 5.49. The lowest BCUT2D eigenvalue weighted by Crippen LogP contribution is -2.30. The predicted octanol–water partition coefficient (Wildman–Crippen LogP) is 5.30. The van der Waals surface area contributed by atoms with Gasteiger partial charge in [-0.25, -0.2) is 0 Å². The van der Waals surface area contributed by atoms with Crippen LogP contribution in [0, 0.1) is 0 Å². The van der Waals surface area contributed by atoms with Gasteiger partial charge in [0.15, 0.2) is 0 Å². The van der Waals surface area contributed by atoms with E-state index in [-0.39, 0.29) is 17.9 Å². The second-order valence-electron chi connectivity index (χ2n) is 7.69. The van der Waals surface area contributed by atoms with Crippen molar-refractivity contribution in [2.45, 2.75) is 59.5 Å². The molecule has 5 heteroatoms. The largest absolute Gasteiger partial charge is 0.489 e. The molecule has 2 aromatic rings. The number of nitrogens with one attached hydrogen (secondary N) is 2. The Hall–Kier alpha value is -2.82. The lowest BCUT2D eigenvalue weighted by atomic mass is 9.92. The van der Waals surface area contributed by atoms with Crippen molar-refractivity contribution in [3.63, 3.8) is 0 Å². The molecule has 2 amide bonds. The average molecular weight is 383 g/mol. The summed E-state index contributed by atoms with van der Waals surface area (Å²) < 4.78 is 5.70. The molecule has 0 bridgehead atoms. The van der Waals surface area contributed by atoms with Gasteiger partial charge in [-0.15, -0.1) is 0 Å². The van der Waals surface area contributed by atoms with Crippen molar-refractivity contribution < 1.29 is 14.3 Å². The van der Waals surface area contributed by atoms with Gasteiger partial charge in [0.1, 0.15) is 5.75 Å². The zero-order valence-corrected chi connectivity index (χ0v) is 17.5. The van der Waals surface area contributed by atoms with Gasteiger partial charge in [-0.05, 0) is 48.9 Å². The third kappa shape index (κ3) is 5.35. The molecule has 0 spiro atoms. The van der Waals surface area contributed by atoms with E-state index in [0.717, 1.165) is 16.8 Å². The third-order valence-electron chi connectivity index (χ3n) is 4.32. The van der Waals surface area contributed by atoms with Gasteiger partial charge in [-0.3, -0.25) is 9.59 Å². The number of benzene rings is 2. The molecule has 0 radical (unpaired) electrons. The van der Waals surface area contributed by atoms with Crippen LogP contribution in [0.3, 0.4) is 0 Å². The number of rotatable bonds is 6. The van der Waals surface area contributed by atoms with E-state index in [9.17, 15) is 9.59 Å². The highest BCUT2D eigenvalue weighted by Gasteiger charge is 2.21. The molecule has 2 rings (SSSR count). The highest BCUT2D eigenvalue weighted by molar-refractivity contribution is 6.44. The van der Waals surface area contributed by atoms with Gasteiger partial charge in [-0.1, -0.05) is 58.0 Å². The van der Waals surface area contributed by atoms with E-state index in [4.69, 9.17) is 4.74 Å². The van der Waals surface area contributed by atoms with Crippen LogP contribution in [0.5, 0.6) is 5.75 Å². The molecule has 2 aromatic carbocycles. The lowest BCUT2D eigenvalue weighted by Gasteiger charge is -2.20. The summed E-state index contributed by atoms with van der Waals surface area (Å²) in [6.45, 7) is 12.1. The topological polar surface area (TPSA) is 67.4 Å². The molecule has 0 aliphatic rings. The van der Waals surface area contributed by atoms with Crippen molar-refractivity contribution in [3.8, 4) is 5.75 Å². The number of anilines is 2. The maximum absolute atomic E-state index is 12.6. The molecule has 2 N–H and O–H groups in total. The minimum atomic E-state index is -0.729. The fourth-order valence-corrected chi connectivity index (χ4v) is 2.97. The molecule has 0 atom stereocenters. The van der Waals surface area contributed by atoms with Crippen LogP contribution in [-0.2, 0) is 9.59 Å². The van der Waals surface area contributed by atoms with Gasteiger partial charge in [0.25, 0.3) is 0 Å². The SMILES string of the molecule is CC(C)Oc1ccccc1NC(=O)C(=O)Nc1c(C(C)C)cccc1C(C)C. The van der Waals surface area contributed by atoms with E-state index < -0.39 is 11.8 Å². The Kier molecular flexibility index (Phi) is 7.21. The Morgan fingerprint density at radius 3 is 1.82 bits per heavy atom. The summed E-state index contributed by atoms with van der Waals surface area (Å²) in [7, 11) is 0. The smallest absolute Gasteiger partial charge is 0.314 e. The number of hydrogen-bond donors (Lipinski definition) is 2. The van der Waals surface area contributed by atoms with Crippen LogP contribution < -0.4 is 15.4 Å². The Morgan fingerprint density at radius 1 is 0.750 bits per heavy atom. The van der Waals surface area contributed by atoms with Crippen LogP contribution in [0.4, 0.5) is 11.4 Å². The van der Waals surface area contributed by atoms with Gasteiger partial charge < -0.3 is 15.4 Å². The number of ether oxygens (including phenoxy) is 1. The number of hydrogen-bond acceptors (Lipinski definition) is 3. The monoisotopic (exact) mass is 382 g/mol. The van der Waals surface area contributed by atoms with Gasteiger partial charge in [0, 0.05) is 5.69 Å². The van der Waals surface area contributed by atoms with Crippen molar-refractivity contribution in [2.24, 2.45) is 0 Å². The first kappa shape index (κ1) is 21.5. The van der Waals surface area contributed by atoms with Gasteiger partial charge in [0.2, 0.25) is 0 Å². The molecule has 0 saturated carbocycles. The lowest BCUT2D eigenvalue weighted by molar-refractivity contribution is -0.133. The average Bonchev–Trinajstić information content (AvgIpc) is 2.62. The van der Waals surface area contributed by atoms with Crippen molar-refractivity contribution in [3.05, 3.63) is 53.6 Å². The van der Waals surface area contributed by atoms with Crippen LogP contribution in [-0.4, -0.2) is 17.9 Å². The highest BCUT2D eigenvalue weighted by atomic mass is 16.5. The van der Waals surface area contributed by atoms with E-state index in [1.807, 2.05) is 38.1 Å². The minimum absolute atomic E-state index is 0.0432. The van der Waals surface area contributed by atoms with Gasteiger partial charge >= 0.3 is 11.8 Å². The molecule has 0 heterocycles. The summed E-state index contributed by atoms with van der Waals surface area (Å²) in [6.07, 6.45) is -0.0432. The minimum Gasteiger partial charge on any atom is -0.489 e. The highest BCUT2D eigenvalue weighted by Crippen LogP contribution is 2.32. The van der Waals surface area contributed by atoms with Crippen LogP contribution >= 0.6 is 0 Å². The summed E-state index contributed by atoms with van der Waals surface area (Å²) in [4.78, 5) is 25.2. The molecule has 0 fully saturated rings. The second kappa shape index (κ2) is 9.40. The summed E-state index contributed by atoms with van der Waals surface area (Å²) in [5.74, 6) is -0.457. The first-order valence-corrected chi connectivity index (χ1v) is 9.71. The van der Waals surface area contributed by atoms with Crippen LogP contribution in [0.25, 0.3) is 0 Å². The quantitative estimate of drug-likeness (QED) is 0.666. The fraction of sp³-hybridized carbons (Fsp3) is 0.391. The zero-order chi connectivity index (χ0) is 20.8. The van der Waals surface area contributed by atoms with E-state index in [1.165, 1.54) is 0 Å². The van der Waals surface area contributed by atoms with Crippen LogP contribution in [0.15, 0.2) is 42.5 Å². The van der Waals surface area contributed by atoms with Gasteiger partial charge in [0.05, 0.1) is 11.8 Å². The van der Waals surface area contributed by atoms with Crippen LogP contribution in [0.2, 0.25) is 0 Å². The Balaban J connectivity index is 2.24. The van der Waals surface area contributed by atoms with E-state index in [0.29, 0.717) is 11.4 Å². The van der Waals surface area contributed by atoms with Crippen LogP contribution in [0.1, 0.15) is 64.5 Å². The molecule has 5 nitrogen and oxygen atoms in total. The number of carbonyl (C=O) groups is 2. The normalized spacial score (nSPS) is 11.0. The van der Waals surface area contributed by atoms with Crippen molar-refractivity contribution in [1.82, 2.24) is 0 Å². The maximum atomic E-state index is 12.6. The van der Waals surface area contributed by atoms with E-state index in [2.05, 4.69) is 38.3 Å². The maximum Gasteiger partial charge on any atom is 0.314 e. The molecular formula is C23H30N2O3. The molecule has 28 heavy (non-hydrogen) atoms.